The third-order valence-electron chi connectivity index (χ3n) is 4.63. The maximum absolute atomic E-state index is 11.1. The quantitative estimate of drug-likeness (QED) is 0.927. The SMILES string of the molecule is CCN1CCC(c2nc(Cl)c3n2CCC(C(=O)O)C3)C1. The average molecular weight is 298 g/mol. The highest BCUT2D eigenvalue weighted by Gasteiger charge is 2.33. The molecule has 0 saturated carbocycles. The molecule has 0 aromatic carbocycles. The van der Waals surface area contributed by atoms with Crippen LogP contribution in [0.2, 0.25) is 5.15 Å². The fourth-order valence-electron chi connectivity index (χ4n) is 3.39. The molecule has 2 aliphatic heterocycles. The molecule has 1 fully saturated rings. The van der Waals surface area contributed by atoms with Gasteiger partial charge in [-0.25, -0.2) is 4.98 Å². The maximum atomic E-state index is 11.1. The van der Waals surface area contributed by atoms with Gasteiger partial charge in [-0.2, -0.15) is 0 Å². The maximum Gasteiger partial charge on any atom is 0.306 e. The number of halogens is 1. The van der Waals surface area contributed by atoms with E-state index in [1.165, 1.54) is 0 Å². The standard InChI is InChI=1S/C14H20ClN3O2/c1-2-17-5-3-10(8-17)13-16-12(15)11-7-9(14(19)20)4-6-18(11)13/h9-10H,2-8H2,1H3,(H,19,20). The van der Waals surface area contributed by atoms with E-state index in [4.69, 9.17) is 16.7 Å². The Morgan fingerprint density at radius 2 is 2.25 bits per heavy atom. The number of carboxylic acids is 1. The van der Waals surface area contributed by atoms with Crippen molar-refractivity contribution in [1.29, 1.82) is 0 Å². The smallest absolute Gasteiger partial charge is 0.306 e. The second-order valence-corrected chi connectivity index (χ2v) is 6.12. The second-order valence-electron chi connectivity index (χ2n) is 5.77. The van der Waals surface area contributed by atoms with Crippen LogP contribution in [0.3, 0.4) is 0 Å². The van der Waals surface area contributed by atoms with Gasteiger partial charge < -0.3 is 14.6 Å². The zero-order chi connectivity index (χ0) is 14.3. The van der Waals surface area contributed by atoms with E-state index in [1.807, 2.05) is 0 Å². The molecule has 1 N–H and O–H groups in total. The summed E-state index contributed by atoms with van der Waals surface area (Å²) in [4.78, 5) is 18.1. The van der Waals surface area contributed by atoms with Gasteiger partial charge in [-0.05, 0) is 25.9 Å². The van der Waals surface area contributed by atoms with Crippen molar-refractivity contribution >= 4 is 17.6 Å². The molecule has 110 valence electrons. The summed E-state index contributed by atoms with van der Waals surface area (Å²) in [6, 6.07) is 0. The first kappa shape index (κ1) is 13.9. The van der Waals surface area contributed by atoms with Gasteiger partial charge in [0.2, 0.25) is 0 Å². The molecule has 3 rings (SSSR count). The van der Waals surface area contributed by atoms with Gasteiger partial charge in [0, 0.05) is 25.4 Å². The van der Waals surface area contributed by atoms with Gasteiger partial charge in [-0.3, -0.25) is 4.79 Å². The predicted molar refractivity (Wildman–Crippen MR) is 76.2 cm³/mol. The Balaban J connectivity index is 1.85. The van der Waals surface area contributed by atoms with Crippen LogP contribution in [0.4, 0.5) is 0 Å². The van der Waals surface area contributed by atoms with E-state index in [9.17, 15) is 4.79 Å². The van der Waals surface area contributed by atoms with E-state index < -0.39 is 5.97 Å². The van der Waals surface area contributed by atoms with E-state index >= 15 is 0 Å². The largest absolute Gasteiger partial charge is 0.481 e. The highest BCUT2D eigenvalue weighted by atomic mass is 35.5. The van der Waals surface area contributed by atoms with Gasteiger partial charge >= 0.3 is 5.97 Å². The van der Waals surface area contributed by atoms with Crippen LogP contribution < -0.4 is 0 Å². The minimum absolute atomic E-state index is 0.319. The summed E-state index contributed by atoms with van der Waals surface area (Å²) in [5.41, 5.74) is 0.912. The predicted octanol–water partition coefficient (Wildman–Crippen LogP) is 1.99. The molecule has 2 atom stereocenters. The van der Waals surface area contributed by atoms with Crippen LogP contribution in [0.1, 0.15) is 37.2 Å². The minimum Gasteiger partial charge on any atom is -0.481 e. The van der Waals surface area contributed by atoms with Crippen molar-refractivity contribution in [2.45, 2.75) is 38.6 Å². The lowest BCUT2D eigenvalue weighted by molar-refractivity contribution is -0.142. The van der Waals surface area contributed by atoms with E-state index in [2.05, 4.69) is 21.4 Å². The molecular formula is C14H20ClN3O2. The first-order valence-electron chi connectivity index (χ1n) is 7.30. The number of carbonyl (C=O) groups is 1. The fourth-order valence-corrected chi connectivity index (χ4v) is 3.66. The van der Waals surface area contributed by atoms with Crippen molar-refractivity contribution in [1.82, 2.24) is 14.5 Å². The molecule has 1 aromatic rings. The molecule has 1 saturated heterocycles. The Kier molecular flexibility index (Phi) is 3.73. The topological polar surface area (TPSA) is 58.4 Å². The van der Waals surface area contributed by atoms with Crippen LogP contribution in [0, 0.1) is 5.92 Å². The van der Waals surface area contributed by atoms with E-state index in [1.54, 1.807) is 0 Å². The molecule has 0 aliphatic carbocycles. The highest BCUT2D eigenvalue weighted by molar-refractivity contribution is 6.30. The molecule has 0 amide bonds. The Morgan fingerprint density at radius 3 is 2.90 bits per heavy atom. The zero-order valence-corrected chi connectivity index (χ0v) is 12.4. The summed E-state index contributed by atoms with van der Waals surface area (Å²) < 4.78 is 2.17. The summed E-state index contributed by atoms with van der Waals surface area (Å²) in [6.07, 6.45) is 2.29. The van der Waals surface area contributed by atoms with Crippen molar-refractivity contribution in [3.8, 4) is 0 Å². The number of hydrogen-bond acceptors (Lipinski definition) is 3. The molecule has 0 radical (unpaired) electrons. The van der Waals surface area contributed by atoms with Crippen molar-refractivity contribution in [3.05, 3.63) is 16.7 Å². The average Bonchev–Trinajstić information content (AvgIpc) is 3.03. The molecule has 1 aromatic heterocycles. The number of aliphatic carboxylic acids is 1. The molecule has 6 heteroatoms. The molecule has 0 bridgehead atoms. The summed E-state index contributed by atoms with van der Waals surface area (Å²) in [7, 11) is 0. The number of likely N-dealkylation sites (N-methyl/N-ethyl adjacent to an activating group) is 1. The fraction of sp³-hybridized carbons (Fsp3) is 0.714. The van der Waals surface area contributed by atoms with Gasteiger partial charge in [-0.1, -0.05) is 18.5 Å². The van der Waals surface area contributed by atoms with Crippen LogP contribution >= 0.6 is 11.6 Å². The molecule has 5 nitrogen and oxygen atoms in total. The summed E-state index contributed by atoms with van der Waals surface area (Å²) in [6.45, 7) is 6.11. The first-order chi connectivity index (χ1) is 9.60. The summed E-state index contributed by atoms with van der Waals surface area (Å²) in [5.74, 6) is 0.445. The van der Waals surface area contributed by atoms with Crippen molar-refractivity contribution in [2.75, 3.05) is 19.6 Å². The number of nitrogens with zero attached hydrogens (tertiary/aromatic N) is 3. The van der Waals surface area contributed by atoms with E-state index in [0.717, 1.165) is 44.1 Å². The molecule has 2 aliphatic rings. The monoisotopic (exact) mass is 297 g/mol. The van der Waals surface area contributed by atoms with Gasteiger partial charge in [-0.15, -0.1) is 0 Å². The van der Waals surface area contributed by atoms with Crippen LogP contribution in [-0.4, -0.2) is 45.2 Å². The second kappa shape index (κ2) is 5.37. The molecule has 0 spiro atoms. The Bertz CT molecular complexity index is 529. The number of fused-ring (bicyclic) bond motifs is 1. The number of likely N-dealkylation sites (tertiary alicyclic amines) is 1. The zero-order valence-electron chi connectivity index (χ0n) is 11.7. The molecule has 2 unspecified atom stereocenters. The minimum atomic E-state index is -0.729. The van der Waals surface area contributed by atoms with Crippen LogP contribution in [0.15, 0.2) is 0 Å². The van der Waals surface area contributed by atoms with Gasteiger partial charge in [0.15, 0.2) is 5.15 Å². The lowest BCUT2D eigenvalue weighted by Crippen LogP contribution is -2.27. The van der Waals surface area contributed by atoms with Crippen LogP contribution in [0.25, 0.3) is 0 Å². The molecule has 20 heavy (non-hydrogen) atoms. The van der Waals surface area contributed by atoms with Crippen molar-refractivity contribution < 1.29 is 9.90 Å². The Labute approximate surface area is 123 Å². The van der Waals surface area contributed by atoms with Gasteiger partial charge in [0.1, 0.15) is 5.82 Å². The number of rotatable bonds is 3. The van der Waals surface area contributed by atoms with Crippen molar-refractivity contribution in [2.24, 2.45) is 5.92 Å². The summed E-state index contributed by atoms with van der Waals surface area (Å²) in [5, 5.41) is 9.66. The molecular weight excluding hydrogens is 278 g/mol. The van der Waals surface area contributed by atoms with Gasteiger partial charge in [0.05, 0.1) is 11.6 Å². The number of carboxylic acid groups (broad SMARTS) is 1. The van der Waals surface area contributed by atoms with E-state index in [0.29, 0.717) is 23.9 Å². The first-order valence-corrected chi connectivity index (χ1v) is 7.68. The van der Waals surface area contributed by atoms with E-state index in [-0.39, 0.29) is 5.92 Å². The number of aromatic nitrogens is 2. The highest BCUT2D eigenvalue weighted by Crippen LogP contribution is 2.34. The third-order valence-corrected chi connectivity index (χ3v) is 4.93. The lowest BCUT2D eigenvalue weighted by Gasteiger charge is -2.23. The Morgan fingerprint density at radius 1 is 1.45 bits per heavy atom. The number of imidazole rings is 1. The molecule has 3 heterocycles. The van der Waals surface area contributed by atoms with Crippen molar-refractivity contribution in [3.63, 3.8) is 0 Å². The Hall–Kier alpha value is -1.07. The van der Waals surface area contributed by atoms with Crippen LogP contribution in [-0.2, 0) is 17.8 Å². The van der Waals surface area contributed by atoms with Crippen LogP contribution in [0.5, 0.6) is 0 Å². The number of hydrogen-bond donors (Lipinski definition) is 1. The summed E-state index contributed by atoms with van der Waals surface area (Å²) >= 11 is 6.24. The lowest BCUT2D eigenvalue weighted by atomic mass is 9.96. The normalized spacial score (nSPS) is 26.7. The van der Waals surface area contributed by atoms with Gasteiger partial charge in [0.25, 0.3) is 0 Å². The third kappa shape index (κ3) is 2.33.